The van der Waals surface area contributed by atoms with E-state index in [0.717, 1.165) is 50.9 Å². The van der Waals surface area contributed by atoms with Crippen LogP contribution in [0, 0.1) is 0 Å². The molecular weight excluding hydrogens is 336 g/mol. The Kier molecular flexibility index (Phi) is 4.27. The number of nitrogens with zero attached hydrogens (tertiary/aromatic N) is 3. The quantitative estimate of drug-likeness (QED) is 0.911. The molecule has 1 aromatic heterocycles. The van der Waals surface area contributed by atoms with E-state index in [4.69, 9.17) is 5.10 Å². The Bertz CT molecular complexity index is 854. The van der Waals surface area contributed by atoms with Crippen molar-refractivity contribution in [2.75, 3.05) is 13.1 Å². The second-order valence-corrected chi connectivity index (χ2v) is 8.24. The van der Waals surface area contributed by atoms with Gasteiger partial charge in [0.15, 0.2) is 5.69 Å². The van der Waals surface area contributed by atoms with Crippen molar-refractivity contribution in [2.24, 2.45) is 0 Å². The van der Waals surface area contributed by atoms with Gasteiger partial charge in [-0.3, -0.25) is 4.79 Å². The van der Waals surface area contributed by atoms with Crippen LogP contribution in [0.1, 0.15) is 59.9 Å². The first-order chi connectivity index (χ1) is 13.2. The van der Waals surface area contributed by atoms with Crippen molar-refractivity contribution < 1.29 is 4.79 Å². The second-order valence-electron chi connectivity index (χ2n) is 8.24. The largest absolute Gasteiger partial charge is 0.336 e. The maximum absolute atomic E-state index is 13.4. The van der Waals surface area contributed by atoms with E-state index in [1.165, 1.54) is 29.7 Å². The van der Waals surface area contributed by atoms with Crippen LogP contribution >= 0.6 is 0 Å². The number of nitrogens with one attached hydrogen (secondary N) is 1. The molecule has 2 bridgehead atoms. The lowest BCUT2D eigenvalue weighted by Gasteiger charge is -2.23. The Balaban J connectivity index is 1.46. The van der Waals surface area contributed by atoms with Crippen molar-refractivity contribution in [1.82, 2.24) is 20.0 Å². The third kappa shape index (κ3) is 2.98. The topological polar surface area (TPSA) is 50.2 Å². The van der Waals surface area contributed by atoms with Crippen LogP contribution < -0.4 is 5.32 Å². The Morgan fingerprint density at radius 1 is 1.15 bits per heavy atom. The Morgan fingerprint density at radius 2 is 1.96 bits per heavy atom. The van der Waals surface area contributed by atoms with Gasteiger partial charge in [0.1, 0.15) is 0 Å². The summed E-state index contributed by atoms with van der Waals surface area (Å²) >= 11 is 0. The molecule has 2 atom stereocenters. The molecule has 5 rings (SSSR count). The molecule has 3 aliphatic rings. The number of likely N-dealkylation sites (tertiary alicyclic amines) is 1. The van der Waals surface area contributed by atoms with Gasteiger partial charge in [0.25, 0.3) is 5.91 Å². The van der Waals surface area contributed by atoms with Crippen LogP contribution in [0.25, 0.3) is 5.69 Å². The van der Waals surface area contributed by atoms with Crippen molar-refractivity contribution in [3.63, 3.8) is 0 Å². The molecule has 0 radical (unpaired) electrons. The summed E-state index contributed by atoms with van der Waals surface area (Å²) in [5.41, 5.74) is 5.51. The second kappa shape index (κ2) is 6.79. The fourth-order valence-electron chi connectivity index (χ4n) is 4.97. The molecule has 27 heavy (non-hydrogen) atoms. The van der Waals surface area contributed by atoms with E-state index in [9.17, 15) is 4.79 Å². The number of fused-ring (bicyclic) bond motifs is 3. The molecule has 2 fully saturated rings. The van der Waals surface area contributed by atoms with E-state index >= 15 is 0 Å². The van der Waals surface area contributed by atoms with Gasteiger partial charge in [-0.2, -0.15) is 5.10 Å². The van der Waals surface area contributed by atoms with Crippen LogP contribution in [0.15, 0.2) is 24.3 Å². The molecule has 3 heterocycles. The molecule has 0 saturated carbocycles. The predicted molar refractivity (Wildman–Crippen MR) is 105 cm³/mol. The fourth-order valence-corrected chi connectivity index (χ4v) is 4.97. The minimum Gasteiger partial charge on any atom is -0.336 e. The monoisotopic (exact) mass is 364 g/mol. The summed E-state index contributed by atoms with van der Waals surface area (Å²) in [6.07, 6.45) is 7.64. The maximum atomic E-state index is 13.4. The van der Waals surface area contributed by atoms with Crippen LogP contribution in [-0.2, 0) is 19.3 Å². The van der Waals surface area contributed by atoms with Crippen LogP contribution in [0.4, 0.5) is 0 Å². The van der Waals surface area contributed by atoms with Gasteiger partial charge in [-0.1, -0.05) is 19.1 Å². The smallest absolute Gasteiger partial charge is 0.274 e. The van der Waals surface area contributed by atoms with Gasteiger partial charge in [-0.25, -0.2) is 4.68 Å². The van der Waals surface area contributed by atoms with E-state index in [2.05, 4.69) is 36.5 Å². The lowest BCUT2D eigenvalue weighted by atomic mass is 10.1. The summed E-state index contributed by atoms with van der Waals surface area (Å²) in [6, 6.07) is 9.64. The highest BCUT2D eigenvalue weighted by molar-refractivity contribution is 5.94. The number of carbonyl (C=O) groups excluding carboxylic acids is 1. The van der Waals surface area contributed by atoms with Crippen LogP contribution in [-0.4, -0.2) is 45.8 Å². The number of aromatic nitrogens is 2. The van der Waals surface area contributed by atoms with Crippen molar-refractivity contribution >= 4 is 5.91 Å². The summed E-state index contributed by atoms with van der Waals surface area (Å²) in [6.45, 7) is 3.84. The fraction of sp³-hybridized carbons (Fsp3) is 0.545. The van der Waals surface area contributed by atoms with Gasteiger partial charge < -0.3 is 10.2 Å². The first-order valence-corrected chi connectivity index (χ1v) is 10.5. The summed E-state index contributed by atoms with van der Waals surface area (Å²) in [5.74, 6) is 0.131. The zero-order valence-electron chi connectivity index (χ0n) is 16.1. The minimum absolute atomic E-state index is 0.131. The highest BCUT2D eigenvalue weighted by Gasteiger charge is 2.34. The summed E-state index contributed by atoms with van der Waals surface area (Å²) in [7, 11) is 0. The standard InChI is InChI=1S/C22H28N4O/c1-2-15-6-10-18(11-7-15)26-20-5-3-4-19(20)21(24-26)22(27)25-13-12-16-8-9-17(14-25)23-16/h6-7,10-11,16-17,23H,2-5,8-9,12-14H2,1H3. The molecule has 1 aliphatic carbocycles. The molecule has 142 valence electrons. The van der Waals surface area contributed by atoms with E-state index in [0.29, 0.717) is 17.8 Å². The zero-order valence-corrected chi connectivity index (χ0v) is 16.1. The van der Waals surface area contributed by atoms with E-state index in [-0.39, 0.29) is 5.91 Å². The first-order valence-electron chi connectivity index (χ1n) is 10.5. The molecule has 1 aromatic carbocycles. The molecule has 2 aromatic rings. The zero-order chi connectivity index (χ0) is 18.4. The highest BCUT2D eigenvalue weighted by atomic mass is 16.2. The molecule has 2 unspecified atom stereocenters. The number of hydrogen-bond donors (Lipinski definition) is 1. The van der Waals surface area contributed by atoms with E-state index in [1.54, 1.807) is 0 Å². The number of rotatable bonds is 3. The summed E-state index contributed by atoms with van der Waals surface area (Å²) < 4.78 is 2.03. The minimum atomic E-state index is 0.131. The molecule has 2 aliphatic heterocycles. The van der Waals surface area contributed by atoms with Gasteiger partial charge in [0.2, 0.25) is 0 Å². The third-order valence-corrected chi connectivity index (χ3v) is 6.53. The average Bonchev–Trinajstić information content (AvgIpc) is 3.36. The molecule has 1 N–H and O–H groups in total. The van der Waals surface area contributed by atoms with Crippen LogP contribution in [0.2, 0.25) is 0 Å². The molecule has 5 nitrogen and oxygen atoms in total. The highest BCUT2D eigenvalue weighted by Crippen LogP contribution is 2.30. The van der Waals surface area contributed by atoms with Crippen LogP contribution in [0.5, 0.6) is 0 Å². The number of benzene rings is 1. The van der Waals surface area contributed by atoms with Crippen molar-refractivity contribution in [3.8, 4) is 5.69 Å². The Morgan fingerprint density at radius 3 is 2.78 bits per heavy atom. The van der Waals surface area contributed by atoms with Gasteiger partial charge in [0.05, 0.1) is 5.69 Å². The molecular formula is C22H28N4O. The SMILES string of the molecule is CCc1ccc(-n2nc(C(=O)N3CCC4CCC(C3)N4)c3c2CCC3)cc1. The third-order valence-electron chi connectivity index (χ3n) is 6.53. The molecule has 1 amide bonds. The van der Waals surface area contributed by atoms with Gasteiger partial charge in [0, 0.05) is 36.4 Å². The first kappa shape index (κ1) is 17.0. The summed E-state index contributed by atoms with van der Waals surface area (Å²) in [4.78, 5) is 15.4. The Labute approximate surface area is 160 Å². The van der Waals surface area contributed by atoms with Crippen LogP contribution in [0.3, 0.4) is 0 Å². The van der Waals surface area contributed by atoms with E-state index < -0.39 is 0 Å². The maximum Gasteiger partial charge on any atom is 0.274 e. The summed E-state index contributed by atoms with van der Waals surface area (Å²) in [5, 5.41) is 8.49. The lowest BCUT2D eigenvalue weighted by molar-refractivity contribution is 0.0740. The lowest BCUT2D eigenvalue weighted by Crippen LogP contribution is -2.39. The normalized spacial score (nSPS) is 24.1. The number of hydrogen-bond acceptors (Lipinski definition) is 3. The van der Waals surface area contributed by atoms with Crippen molar-refractivity contribution in [1.29, 1.82) is 0 Å². The number of aryl methyl sites for hydroxylation is 1. The molecule has 0 spiro atoms. The molecule has 5 heteroatoms. The van der Waals surface area contributed by atoms with Gasteiger partial charge >= 0.3 is 0 Å². The number of amides is 1. The van der Waals surface area contributed by atoms with Crippen molar-refractivity contribution in [3.05, 3.63) is 46.8 Å². The predicted octanol–water partition coefficient (Wildman–Crippen LogP) is 2.89. The molecule has 2 saturated heterocycles. The Hall–Kier alpha value is -2.14. The van der Waals surface area contributed by atoms with Crippen molar-refractivity contribution in [2.45, 2.75) is 64.0 Å². The number of carbonyl (C=O) groups is 1. The van der Waals surface area contributed by atoms with Gasteiger partial charge in [-0.15, -0.1) is 0 Å². The van der Waals surface area contributed by atoms with E-state index in [1.807, 2.05) is 9.58 Å². The van der Waals surface area contributed by atoms with Gasteiger partial charge in [-0.05, 0) is 62.6 Å². The average molecular weight is 364 g/mol.